The number of rotatable bonds is 6. The third kappa shape index (κ3) is 5.01. The van der Waals surface area contributed by atoms with Crippen molar-refractivity contribution in [3.05, 3.63) is 70.0 Å². The van der Waals surface area contributed by atoms with Gasteiger partial charge in [-0.1, -0.05) is 18.2 Å². The molecule has 0 radical (unpaired) electrons. The lowest BCUT2D eigenvalue weighted by Gasteiger charge is -2.30. The number of esters is 1. The maximum Gasteiger partial charge on any atom is 0.414 e. The molecule has 0 aliphatic carbocycles. The summed E-state index contributed by atoms with van der Waals surface area (Å²) >= 11 is 0. The van der Waals surface area contributed by atoms with Gasteiger partial charge in [-0.2, -0.15) is 0 Å². The van der Waals surface area contributed by atoms with Crippen molar-refractivity contribution in [1.82, 2.24) is 19.4 Å². The van der Waals surface area contributed by atoms with Crippen LogP contribution in [-0.4, -0.2) is 56.6 Å². The lowest BCUT2D eigenvalue weighted by Crippen LogP contribution is -2.36. The van der Waals surface area contributed by atoms with Crippen LogP contribution in [0.5, 0.6) is 6.01 Å². The predicted molar refractivity (Wildman–Crippen MR) is 120 cm³/mol. The summed E-state index contributed by atoms with van der Waals surface area (Å²) in [7, 11) is 0. The zero-order chi connectivity index (χ0) is 23.4. The number of fused-ring (bicyclic) bond motifs is 1. The molecule has 0 saturated heterocycles. The molecule has 10 heteroatoms. The highest BCUT2D eigenvalue weighted by molar-refractivity contribution is 5.89. The van der Waals surface area contributed by atoms with Crippen molar-refractivity contribution in [2.24, 2.45) is 0 Å². The van der Waals surface area contributed by atoms with Crippen molar-refractivity contribution in [2.45, 2.75) is 26.4 Å². The minimum atomic E-state index is -0.515. The van der Waals surface area contributed by atoms with Crippen molar-refractivity contribution in [3.8, 4) is 17.3 Å². The summed E-state index contributed by atoms with van der Waals surface area (Å²) < 4.78 is 12.3. The van der Waals surface area contributed by atoms with E-state index >= 15 is 0 Å². The molecule has 2 aromatic heterocycles. The fourth-order valence-electron chi connectivity index (χ4n) is 3.76. The Balaban J connectivity index is 1.43. The Hall–Kier alpha value is -3.79. The number of carbonyl (C=O) groups is 1. The Kier molecular flexibility index (Phi) is 6.64. The van der Waals surface area contributed by atoms with E-state index in [4.69, 9.17) is 9.47 Å². The van der Waals surface area contributed by atoms with Gasteiger partial charge in [0, 0.05) is 42.4 Å². The van der Waals surface area contributed by atoms with Gasteiger partial charge in [-0.05, 0) is 42.5 Å². The van der Waals surface area contributed by atoms with Crippen LogP contribution in [0.4, 0.5) is 5.82 Å². The second-order valence-electron chi connectivity index (χ2n) is 7.67. The van der Waals surface area contributed by atoms with Crippen molar-refractivity contribution in [2.75, 3.05) is 26.3 Å². The average Bonchev–Trinajstić information content (AvgIpc) is 3.21. The molecular formula is C23H25N5O5. The molecule has 10 nitrogen and oxygen atoms in total. The first kappa shape index (κ1) is 22.4. The summed E-state index contributed by atoms with van der Waals surface area (Å²) in [5, 5.41) is 11.0. The Morgan fingerprint density at radius 2 is 2.00 bits per heavy atom. The number of hydrogen-bond acceptors (Lipinski definition) is 8. The summed E-state index contributed by atoms with van der Waals surface area (Å²) in [5.41, 5.74) is 3.29. The summed E-state index contributed by atoms with van der Waals surface area (Å²) in [6.45, 7) is 6.51. The molecule has 1 unspecified atom stereocenters. The first-order valence-electron chi connectivity index (χ1n) is 10.8. The van der Waals surface area contributed by atoms with Gasteiger partial charge >= 0.3 is 17.8 Å². The highest BCUT2D eigenvalue weighted by atomic mass is 16.6. The van der Waals surface area contributed by atoms with Crippen LogP contribution in [-0.2, 0) is 11.3 Å². The molecular weight excluding hydrogens is 426 g/mol. The molecule has 172 valence electrons. The molecule has 0 N–H and O–H groups in total. The van der Waals surface area contributed by atoms with Crippen LogP contribution in [0.25, 0.3) is 11.3 Å². The lowest BCUT2D eigenvalue weighted by atomic mass is 10.1. The third-order valence-corrected chi connectivity index (χ3v) is 5.66. The molecule has 0 fully saturated rings. The van der Waals surface area contributed by atoms with Gasteiger partial charge < -0.3 is 19.6 Å². The Morgan fingerprint density at radius 3 is 2.67 bits per heavy atom. The van der Waals surface area contributed by atoms with E-state index in [-0.39, 0.29) is 23.8 Å². The van der Waals surface area contributed by atoms with Gasteiger partial charge in [0.1, 0.15) is 12.8 Å². The van der Waals surface area contributed by atoms with Gasteiger partial charge in [0.15, 0.2) is 0 Å². The van der Waals surface area contributed by atoms with Crippen molar-refractivity contribution in [1.29, 1.82) is 0 Å². The quantitative estimate of drug-likeness (QED) is 0.318. The van der Waals surface area contributed by atoms with Crippen LogP contribution in [0, 0.1) is 10.1 Å². The standard InChI is InChI=1S/C23H25N5O5/c1-3-32-22(29)18-6-4-17(5-7-18)20-9-8-19(14-24-20)16(2)26-10-11-27-15-21(28(30)31)25-23(27)33-13-12-26/h4-9,14-16H,3,10-13H2,1-2H3. The molecule has 0 amide bonds. The topological polar surface area (TPSA) is 113 Å². The molecule has 3 heterocycles. The molecule has 0 bridgehead atoms. The number of hydrogen-bond donors (Lipinski definition) is 0. The summed E-state index contributed by atoms with van der Waals surface area (Å²) in [5.74, 6) is -0.544. The van der Waals surface area contributed by atoms with Crippen molar-refractivity contribution >= 4 is 11.8 Å². The van der Waals surface area contributed by atoms with Crippen LogP contribution in [0.1, 0.15) is 35.8 Å². The van der Waals surface area contributed by atoms with Gasteiger partial charge in [0.05, 0.1) is 17.9 Å². The normalized spacial score (nSPS) is 15.0. The van der Waals surface area contributed by atoms with Gasteiger partial charge in [0.2, 0.25) is 0 Å². The molecule has 1 atom stereocenters. The number of imidazole rings is 1. The number of aromatic nitrogens is 3. The lowest BCUT2D eigenvalue weighted by molar-refractivity contribution is -0.389. The maximum atomic E-state index is 11.8. The largest absolute Gasteiger partial charge is 0.462 e. The number of pyridine rings is 1. The van der Waals surface area contributed by atoms with Crippen LogP contribution < -0.4 is 4.74 Å². The molecule has 0 spiro atoms. The molecule has 4 rings (SSSR count). The number of benzene rings is 1. The number of ether oxygens (including phenoxy) is 2. The Morgan fingerprint density at radius 1 is 1.21 bits per heavy atom. The van der Waals surface area contributed by atoms with E-state index in [2.05, 4.69) is 21.8 Å². The Bertz CT molecular complexity index is 1130. The first-order chi connectivity index (χ1) is 16.0. The van der Waals surface area contributed by atoms with Crippen LogP contribution >= 0.6 is 0 Å². The molecule has 1 aliphatic rings. The minimum absolute atomic E-state index is 0.0846. The van der Waals surface area contributed by atoms with E-state index in [0.717, 1.165) is 16.8 Å². The zero-order valence-electron chi connectivity index (χ0n) is 18.5. The van der Waals surface area contributed by atoms with Crippen LogP contribution in [0.3, 0.4) is 0 Å². The monoisotopic (exact) mass is 451 g/mol. The van der Waals surface area contributed by atoms with E-state index in [9.17, 15) is 14.9 Å². The van der Waals surface area contributed by atoms with E-state index in [0.29, 0.717) is 38.4 Å². The summed E-state index contributed by atoms with van der Waals surface area (Å²) in [6.07, 6.45) is 3.26. The molecule has 33 heavy (non-hydrogen) atoms. The second kappa shape index (κ2) is 9.78. The fraction of sp³-hybridized carbons (Fsp3) is 0.348. The number of carbonyl (C=O) groups excluding carboxylic acids is 1. The summed E-state index contributed by atoms with van der Waals surface area (Å²) in [6, 6.07) is 11.6. The SMILES string of the molecule is CCOC(=O)c1ccc(-c2ccc(C(C)N3CCOc4nc([N+](=O)[O-])cn4CC3)cn2)cc1. The van der Waals surface area contributed by atoms with Crippen molar-refractivity contribution < 1.29 is 19.2 Å². The smallest absolute Gasteiger partial charge is 0.414 e. The van der Waals surface area contributed by atoms with Gasteiger partial charge in [-0.25, -0.2) is 4.79 Å². The van der Waals surface area contributed by atoms with E-state index < -0.39 is 4.92 Å². The van der Waals surface area contributed by atoms with Crippen molar-refractivity contribution in [3.63, 3.8) is 0 Å². The van der Waals surface area contributed by atoms with Gasteiger partial charge in [-0.15, -0.1) is 0 Å². The van der Waals surface area contributed by atoms with Crippen LogP contribution in [0.15, 0.2) is 48.8 Å². The average molecular weight is 451 g/mol. The molecule has 3 aromatic rings. The molecule has 0 saturated carbocycles. The first-order valence-corrected chi connectivity index (χ1v) is 10.8. The predicted octanol–water partition coefficient (Wildman–Crippen LogP) is 3.49. The maximum absolute atomic E-state index is 11.8. The van der Waals surface area contributed by atoms with Gasteiger partial charge in [0.25, 0.3) is 0 Å². The molecule has 1 aliphatic heterocycles. The van der Waals surface area contributed by atoms with E-state index in [1.54, 1.807) is 23.6 Å². The highest BCUT2D eigenvalue weighted by Gasteiger charge is 2.25. The fourth-order valence-corrected chi connectivity index (χ4v) is 3.76. The molecule has 1 aromatic carbocycles. The number of nitrogens with zero attached hydrogens (tertiary/aromatic N) is 5. The number of nitro groups is 1. The second-order valence-corrected chi connectivity index (χ2v) is 7.67. The highest BCUT2D eigenvalue weighted by Crippen LogP contribution is 2.25. The Labute approximate surface area is 190 Å². The zero-order valence-corrected chi connectivity index (χ0v) is 18.5. The summed E-state index contributed by atoms with van der Waals surface area (Å²) in [4.78, 5) is 33.1. The van der Waals surface area contributed by atoms with Gasteiger partial charge in [-0.3, -0.25) is 14.5 Å². The van der Waals surface area contributed by atoms with E-state index in [1.165, 1.54) is 6.20 Å². The van der Waals surface area contributed by atoms with E-state index in [1.807, 2.05) is 30.5 Å². The third-order valence-electron chi connectivity index (χ3n) is 5.66. The minimum Gasteiger partial charge on any atom is -0.462 e. The van der Waals surface area contributed by atoms with Crippen LogP contribution in [0.2, 0.25) is 0 Å².